The summed E-state index contributed by atoms with van der Waals surface area (Å²) in [4.78, 5) is 37.9. The maximum Gasteiger partial charge on any atom is 0.306 e. The predicted octanol–water partition coefficient (Wildman–Crippen LogP) is 17.3. The molecule has 0 bridgehead atoms. The summed E-state index contributed by atoms with van der Waals surface area (Å²) in [6, 6.07) is 0. The molecule has 0 rings (SSSR count). The zero-order chi connectivity index (χ0) is 44.0. The van der Waals surface area contributed by atoms with Crippen molar-refractivity contribution >= 4 is 17.9 Å². The van der Waals surface area contributed by atoms with E-state index in [0.717, 1.165) is 69.6 Å². The molecule has 6 heteroatoms. The van der Waals surface area contributed by atoms with Gasteiger partial charge in [-0.3, -0.25) is 14.4 Å². The quantitative estimate of drug-likeness (QED) is 0.0345. The fourth-order valence-electron chi connectivity index (χ4n) is 8.13. The maximum absolute atomic E-state index is 12.7. The lowest BCUT2D eigenvalue weighted by molar-refractivity contribution is -0.167. The van der Waals surface area contributed by atoms with E-state index < -0.39 is 6.10 Å². The van der Waals surface area contributed by atoms with Crippen molar-refractivity contribution in [1.29, 1.82) is 0 Å². The minimum atomic E-state index is -0.762. The van der Waals surface area contributed by atoms with Gasteiger partial charge in [0.05, 0.1) is 0 Å². The van der Waals surface area contributed by atoms with Crippen LogP contribution in [0.2, 0.25) is 0 Å². The summed E-state index contributed by atoms with van der Waals surface area (Å²) in [5.41, 5.74) is 0. The van der Waals surface area contributed by atoms with E-state index in [9.17, 15) is 14.4 Å². The van der Waals surface area contributed by atoms with Gasteiger partial charge in [-0.1, -0.05) is 259 Å². The molecule has 0 saturated heterocycles. The number of unbranched alkanes of at least 4 members (excludes halogenated alkanes) is 32. The fourth-order valence-corrected chi connectivity index (χ4v) is 8.13. The highest BCUT2D eigenvalue weighted by Crippen LogP contribution is 2.18. The lowest BCUT2D eigenvalue weighted by atomic mass is 10.00. The topological polar surface area (TPSA) is 78.9 Å². The van der Waals surface area contributed by atoms with Crippen LogP contribution in [0, 0.1) is 11.8 Å². The highest BCUT2D eigenvalue weighted by molar-refractivity contribution is 5.71. The minimum absolute atomic E-state index is 0.0643. The largest absolute Gasteiger partial charge is 0.462 e. The molecular weight excluding hydrogens is 745 g/mol. The van der Waals surface area contributed by atoms with E-state index in [-0.39, 0.29) is 31.1 Å². The Bertz CT molecular complexity index is 918. The summed E-state index contributed by atoms with van der Waals surface area (Å²) in [6.07, 6.45) is 48.1. The fraction of sp³-hybridized carbons (Fsp3) is 0.944. The summed E-state index contributed by atoms with van der Waals surface area (Å²) in [7, 11) is 0. The monoisotopic (exact) mass is 849 g/mol. The summed E-state index contributed by atoms with van der Waals surface area (Å²) in [5, 5.41) is 0. The van der Waals surface area contributed by atoms with Crippen molar-refractivity contribution in [3.8, 4) is 0 Å². The Morgan fingerprint density at radius 2 is 0.633 bits per heavy atom. The zero-order valence-electron chi connectivity index (χ0n) is 41.1. The van der Waals surface area contributed by atoms with Gasteiger partial charge in [0.2, 0.25) is 0 Å². The standard InChI is InChI=1S/C54H104O6/c1-6-8-9-10-11-12-21-25-28-34-39-44-52(55)58-47-51(60-54(57)46-41-36-31-30-33-38-43-50(5)7-2)48-59-53(56)45-40-35-29-26-23-20-18-16-14-13-15-17-19-22-24-27-32-37-42-49(3)4/h49-51H,6-48H2,1-5H3/t50?,51-/m0/s1. The summed E-state index contributed by atoms with van der Waals surface area (Å²) < 4.78 is 16.8. The third-order valence-corrected chi connectivity index (χ3v) is 12.6. The average molecular weight is 849 g/mol. The molecule has 0 N–H and O–H groups in total. The smallest absolute Gasteiger partial charge is 0.306 e. The second kappa shape index (κ2) is 46.9. The van der Waals surface area contributed by atoms with Gasteiger partial charge >= 0.3 is 17.9 Å². The number of hydrogen-bond donors (Lipinski definition) is 0. The number of carbonyl (C=O) groups is 3. The molecule has 0 fully saturated rings. The molecule has 0 heterocycles. The molecule has 0 aliphatic heterocycles. The zero-order valence-corrected chi connectivity index (χ0v) is 41.1. The Balaban J connectivity index is 4.18. The SMILES string of the molecule is CCCCCCCCCCCCCC(=O)OC[C@@H](COC(=O)CCCCCCCCCCCCCCCCCCCCC(C)C)OC(=O)CCCCCCCCC(C)CC. The van der Waals surface area contributed by atoms with Crippen molar-refractivity contribution in [2.75, 3.05) is 13.2 Å². The molecule has 0 aliphatic carbocycles. The molecule has 1 unspecified atom stereocenters. The number of rotatable bonds is 48. The van der Waals surface area contributed by atoms with Crippen LogP contribution in [-0.2, 0) is 28.6 Å². The van der Waals surface area contributed by atoms with Crippen LogP contribution in [-0.4, -0.2) is 37.2 Å². The van der Waals surface area contributed by atoms with Crippen LogP contribution in [0.5, 0.6) is 0 Å². The van der Waals surface area contributed by atoms with Crippen LogP contribution in [0.25, 0.3) is 0 Å². The highest BCUT2D eigenvalue weighted by Gasteiger charge is 2.19. The van der Waals surface area contributed by atoms with E-state index in [1.165, 1.54) is 186 Å². The Labute approximate surface area is 374 Å². The van der Waals surface area contributed by atoms with Crippen LogP contribution < -0.4 is 0 Å². The van der Waals surface area contributed by atoms with Crippen molar-refractivity contribution in [3.05, 3.63) is 0 Å². The van der Waals surface area contributed by atoms with Crippen molar-refractivity contribution in [2.45, 2.75) is 304 Å². The predicted molar refractivity (Wildman–Crippen MR) is 256 cm³/mol. The van der Waals surface area contributed by atoms with Crippen LogP contribution >= 0.6 is 0 Å². The highest BCUT2D eigenvalue weighted by atomic mass is 16.6. The second-order valence-electron chi connectivity index (χ2n) is 19.2. The van der Waals surface area contributed by atoms with E-state index in [1.807, 2.05) is 0 Å². The molecule has 60 heavy (non-hydrogen) atoms. The van der Waals surface area contributed by atoms with Gasteiger partial charge in [0, 0.05) is 19.3 Å². The molecule has 0 spiro atoms. The first-order chi connectivity index (χ1) is 29.3. The third-order valence-electron chi connectivity index (χ3n) is 12.6. The molecule has 2 atom stereocenters. The van der Waals surface area contributed by atoms with Gasteiger partial charge in [0.15, 0.2) is 6.10 Å². The Hall–Kier alpha value is -1.59. The van der Waals surface area contributed by atoms with E-state index in [2.05, 4.69) is 34.6 Å². The van der Waals surface area contributed by atoms with Crippen molar-refractivity contribution in [2.24, 2.45) is 11.8 Å². The Kier molecular flexibility index (Phi) is 45.7. The van der Waals surface area contributed by atoms with Crippen LogP contribution in [0.3, 0.4) is 0 Å². The first kappa shape index (κ1) is 58.4. The van der Waals surface area contributed by atoms with Gasteiger partial charge in [-0.25, -0.2) is 0 Å². The van der Waals surface area contributed by atoms with Crippen molar-refractivity contribution in [3.63, 3.8) is 0 Å². The van der Waals surface area contributed by atoms with Gasteiger partial charge in [-0.05, 0) is 31.1 Å². The number of ether oxygens (including phenoxy) is 3. The van der Waals surface area contributed by atoms with E-state index in [1.54, 1.807) is 0 Å². The van der Waals surface area contributed by atoms with Crippen LogP contribution in [0.15, 0.2) is 0 Å². The Morgan fingerprint density at radius 1 is 0.350 bits per heavy atom. The molecular formula is C54H104O6. The number of esters is 3. The van der Waals surface area contributed by atoms with Gasteiger partial charge in [0.25, 0.3) is 0 Å². The summed E-state index contributed by atoms with van der Waals surface area (Å²) in [5.74, 6) is 0.818. The Morgan fingerprint density at radius 3 is 0.950 bits per heavy atom. The molecule has 0 aromatic heterocycles. The van der Waals surface area contributed by atoms with E-state index >= 15 is 0 Å². The van der Waals surface area contributed by atoms with E-state index in [0.29, 0.717) is 19.3 Å². The first-order valence-corrected chi connectivity index (χ1v) is 26.8. The molecule has 0 radical (unpaired) electrons. The molecule has 356 valence electrons. The summed E-state index contributed by atoms with van der Waals surface area (Å²) in [6.45, 7) is 11.4. The number of hydrogen-bond acceptors (Lipinski definition) is 6. The molecule has 0 aliphatic rings. The van der Waals surface area contributed by atoms with Gasteiger partial charge < -0.3 is 14.2 Å². The second-order valence-corrected chi connectivity index (χ2v) is 19.2. The lowest BCUT2D eigenvalue weighted by Crippen LogP contribution is -2.30. The molecule has 0 aromatic carbocycles. The molecule has 0 amide bonds. The normalized spacial score (nSPS) is 12.5. The first-order valence-electron chi connectivity index (χ1n) is 26.8. The van der Waals surface area contributed by atoms with Gasteiger partial charge in [-0.2, -0.15) is 0 Å². The van der Waals surface area contributed by atoms with Crippen molar-refractivity contribution in [1.82, 2.24) is 0 Å². The van der Waals surface area contributed by atoms with Crippen molar-refractivity contribution < 1.29 is 28.6 Å². The average Bonchev–Trinajstić information content (AvgIpc) is 3.23. The van der Waals surface area contributed by atoms with Crippen LogP contribution in [0.1, 0.15) is 298 Å². The minimum Gasteiger partial charge on any atom is -0.462 e. The summed E-state index contributed by atoms with van der Waals surface area (Å²) >= 11 is 0. The lowest BCUT2D eigenvalue weighted by Gasteiger charge is -2.18. The molecule has 0 aromatic rings. The van der Waals surface area contributed by atoms with E-state index in [4.69, 9.17) is 14.2 Å². The number of carbonyl (C=O) groups excluding carboxylic acids is 3. The molecule has 6 nitrogen and oxygen atoms in total. The van der Waals surface area contributed by atoms with Crippen LogP contribution in [0.4, 0.5) is 0 Å². The third kappa shape index (κ3) is 45.9. The van der Waals surface area contributed by atoms with Gasteiger partial charge in [-0.15, -0.1) is 0 Å². The molecule has 0 saturated carbocycles. The maximum atomic E-state index is 12.7. The van der Waals surface area contributed by atoms with Gasteiger partial charge in [0.1, 0.15) is 13.2 Å².